The largest absolute Gasteiger partial charge is 0.337 e. The van der Waals surface area contributed by atoms with Gasteiger partial charge in [-0.1, -0.05) is 48.5 Å². The summed E-state index contributed by atoms with van der Waals surface area (Å²) in [6.45, 7) is 0.640. The maximum Gasteiger partial charge on any atom is 0.255 e. The Morgan fingerprint density at radius 2 is 1.64 bits per heavy atom. The summed E-state index contributed by atoms with van der Waals surface area (Å²) in [5.41, 5.74) is 8.05. The van der Waals surface area contributed by atoms with Crippen LogP contribution in [0.25, 0.3) is 33.3 Å². The van der Waals surface area contributed by atoms with Gasteiger partial charge in [0, 0.05) is 58.0 Å². The molecule has 0 radical (unpaired) electrons. The fraction of sp³-hybridized carbons (Fsp3) is 0.0882. The van der Waals surface area contributed by atoms with Crippen molar-refractivity contribution in [2.75, 3.05) is 11.9 Å². The zero-order valence-electron chi connectivity index (χ0n) is 22.5. The smallest absolute Gasteiger partial charge is 0.255 e. The number of amides is 1. The molecule has 3 aromatic heterocycles. The lowest BCUT2D eigenvalue weighted by molar-refractivity contribution is 0.102. The number of carbonyl (C=O) groups is 1. The van der Waals surface area contributed by atoms with Crippen LogP contribution in [0.15, 0.2) is 109 Å². The minimum absolute atomic E-state index is 0.205. The Balaban J connectivity index is 1.26. The fourth-order valence-electron chi connectivity index (χ4n) is 5.28. The first kappa shape index (κ1) is 25.5. The van der Waals surface area contributed by atoms with E-state index in [0.717, 1.165) is 46.3 Å². The number of nitrogens with zero attached hydrogens (tertiary/aromatic N) is 4. The SMILES string of the molecule is O=C(Nc1cncc(-c2cnc3c(c2)C(c2nc4c(-c5ccccc5F)cccc4[nH]2)=NCCC3)c1)c1ccccc1. The highest BCUT2D eigenvalue weighted by Gasteiger charge is 2.21. The molecule has 0 spiro atoms. The van der Waals surface area contributed by atoms with Gasteiger partial charge in [0.25, 0.3) is 5.91 Å². The average molecular weight is 553 g/mol. The van der Waals surface area contributed by atoms with Crippen LogP contribution < -0.4 is 5.32 Å². The van der Waals surface area contributed by atoms with E-state index in [2.05, 4.69) is 21.4 Å². The van der Waals surface area contributed by atoms with E-state index in [1.807, 2.05) is 54.7 Å². The van der Waals surface area contributed by atoms with Crippen LogP contribution in [0.4, 0.5) is 10.1 Å². The van der Waals surface area contributed by atoms with E-state index in [-0.39, 0.29) is 11.7 Å². The van der Waals surface area contributed by atoms with Gasteiger partial charge in [0.1, 0.15) is 11.5 Å². The standard InChI is InChI=1S/C34H25FN6O/c35-28-12-5-4-10-25(28)26-11-6-13-30-31(26)41-33(40-30)32-27-17-23(19-38-29(27)14-7-15-37-32)22-16-24(20-36-18-22)39-34(42)21-8-2-1-3-9-21/h1-6,8-13,16-20H,7,14-15H2,(H,39,42)(H,40,41). The Morgan fingerprint density at radius 1 is 0.833 bits per heavy atom. The predicted octanol–water partition coefficient (Wildman–Crippen LogP) is 6.86. The molecule has 0 fully saturated rings. The molecular weight excluding hydrogens is 527 g/mol. The Morgan fingerprint density at radius 3 is 2.52 bits per heavy atom. The first-order valence-corrected chi connectivity index (χ1v) is 13.7. The highest BCUT2D eigenvalue weighted by Crippen LogP contribution is 2.31. The van der Waals surface area contributed by atoms with Gasteiger partial charge in [-0.25, -0.2) is 9.37 Å². The number of para-hydroxylation sites is 1. The van der Waals surface area contributed by atoms with Crippen LogP contribution in [0.1, 0.15) is 33.9 Å². The summed E-state index contributed by atoms with van der Waals surface area (Å²) in [5, 5.41) is 2.93. The summed E-state index contributed by atoms with van der Waals surface area (Å²) in [5.74, 6) is 0.109. The number of benzene rings is 3. The Bertz CT molecular complexity index is 1980. The summed E-state index contributed by atoms with van der Waals surface area (Å²) < 4.78 is 14.7. The Kier molecular flexibility index (Phi) is 6.56. The number of nitrogens with one attached hydrogen (secondary N) is 2. The van der Waals surface area contributed by atoms with Crippen molar-refractivity contribution < 1.29 is 9.18 Å². The molecule has 0 saturated heterocycles. The molecule has 4 heterocycles. The first-order valence-electron chi connectivity index (χ1n) is 13.7. The Hall–Kier alpha value is -5.50. The number of aromatic nitrogens is 4. The number of hydrogen-bond acceptors (Lipinski definition) is 5. The van der Waals surface area contributed by atoms with Crippen molar-refractivity contribution in [2.45, 2.75) is 12.8 Å². The van der Waals surface area contributed by atoms with Gasteiger partial charge >= 0.3 is 0 Å². The lowest BCUT2D eigenvalue weighted by Gasteiger charge is -2.11. The van der Waals surface area contributed by atoms with E-state index in [1.165, 1.54) is 6.07 Å². The maximum absolute atomic E-state index is 14.7. The molecular formula is C34H25FN6O. The van der Waals surface area contributed by atoms with E-state index >= 15 is 0 Å². The number of aliphatic imine (C=N–C) groups is 1. The summed E-state index contributed by atoms with van der Waals surface area (Å²) >= 11 is 0. The number of anilines is 1. The van der Waals surface area contributed by atoms with Crippen molar-refractivity contribution >= 4 is 28.3 Å². The molecule has 204 valence electrons. The van der Waals surface area contributed by atoms with Gasteiger partial charge in [-0.05, 0) is 49.2 Å². The molecule has 0 unspecified atom stereocenters. The predicted molar refractivity (Wildman–Crippen MR) is 162 cm³/mol. The fourth-order valence-corrected chi connectivity index (χ4v) is 5.28. The second kappa shape index (κ2) is 10.8. The van der Waals surface area contributed by atoms with Crippen molar-refractivity contribution in [3.05, 3.63) is 132 Å². The number of carbonyl (C=O) groups excluding carboxylic acids is 1. The Labute approximate surface area is 241 Å². The van der Waals surface area contributed by atoms with Crippen LogP contribution in [0.3, 0.4) is 0 Å². The second-order valence-electron chi connectivity index (χ2n) is 10.1. The average Bonchev–Trinajstić information content (AvgIpc) is 3.35. The second-order valence-corrected chi connectivity index (χ2v) is 10.1. The molecule has 8 heteroatoms. The number of rotatable bonds is 5. The van der Waals surface area contributed by atoms with E-state index in [0.29, 0.717) is 40.4 Å². The molecule has 1 aliphatic heterocycles. The number of pyridine rings is 2. The van der Waals surface area contributed by atoms with Gasteiger partial charge < -0.3 is 10.3 Å². The van der Waals surface area contributed by atoms with Crippen LogP contribution >= 0.6 is 0 Å². The highest BCUT2D eigenvalue weighted by molar-refractivity contribution is 6.13. The molecule has 1 aliphatic rings. The molecule has 1 amide bonds. The van der Waals surface area contributed by atoms with Crippen LogP contribution in [0.2, 0.25) is 0 Å². The molecule has 2 N–H and O–H groups in total. The van der Waals surface area contributed by atoms with Gasteiger partial charge in [0.15, 0.2) is 5.82 Å². The van der Waals surface area contributed by atoms with Crippen molar-refractivity contribution in [2.24, 2.45) is 4.99 Å². The number of hydrogen-bond donors (Lipinski definition) is 2. The topological polar surface area (TPSA) is 95.9 Å². The van der Waals surface area contributed by atoms with Gasteiger partial charge in [0.05, 0.1) is 22.9 Å². The minimum atomic E-state index is -0.295. The molecule has 7 rings (SSSR count). The number of imidazole rings is 1. The number of fused-ring (bicyclic) bond motifs is 2. The van der Waals surface area contributed by atoms with E-state index in [4.69, 9.17) is 15.0 Å². The molecule has 0 saturated carbocycles. The van der Waals surface area contributed by atoms with Crippen LogP contribution in [-0.4, -0.2) is 38.1 Å². The molecule has 7 nitrogen and oxygen atoms in total. The summed E-state index contributed by atoms with van der Waals surface area (Å²) in [6.07, 6.45) is 6.85. The van der Waals surface area contributed by atoms with Crippen molar-refractivity contribution in [1.29, 1.82) is 0 Å². The molecule has 3 aromatic carbocycles. The molecule has 6 aromatic rings. The lowest BCUT2D eigenvalue weighted by atomic mass is 10.0. The lowest BCUT2D eigenvalue weighted by Crippen LogP contribution is -2.12. The van der Waals surface area contributed by atoms with E-state index in [1.54, 1.807) is 36.7 Å². The first-order chi connectivity index (χ1) is 20.6. The zero-order chi connectivity index (χ0) is 28.5. The van der Waals surface area contributed by atoms with Gasteiger partial charge in [-0.3, -0.25) is 19.8 Å². The van der Waals surface area contributed by atoms with Crippen LogP contribution in [-0.2, 0) is 6.42 Å². The summed E-state index contributed by atoms with van der Waals surface area (Å²) in [6, 6.07) is 25.4. The number of aryl methyl sites for hydroxylation is 1. The molecule has 0 atom stereocenters. The quantitative estimate of drug-likeness (QED) is 0.244. The number of H-pyrrole nitrogens is 1. The van der Waals surface area contributed by atoms with E-state index < -0.39 is 0 Å². The number of aromatic amines is 1. The third kappa shape index (κ3) is 4.83. The normalized spacial score (nSPS) is 12.8. The van der Waals surface area contributed by atoms with Crippen molar-refractivity contribution in [3.63, 3.8) is 0 Å². The monoisotopic (exact) mass is 552 g/mol. The van der Waals surface area contributed by atoms with Crippen LogP contribution in [0, 0.1) is 5.82 Å². The van der Waals surface area contributed by atoms with Crippen LogP contribution in [0.5, 0.6) is 0 Å². The van der Waals surface area contributed by atoms with Gasteiger partial charge in [0.2, 0.25) is 0 Å². The zero-order valence-corrected chi connectivity index (χ0v) is 22.5. The maximum atomic E-state index is 14.7. The molecule has 0 bridgehead atoms. The molecule has 0 aliphatic carbocycles. The van der Waals surface area contributed by atoms with Crippen molar-refractivity contribution in [3.8, 4) is 22.3 Å². The number of halogens is 1. The third-order valence-electron chi connectivity index (χ3n) is 7.33. The van der Waals surface area contributed by atoms with Gasteiger partial charge in [-0.2, -0.15) is 0 Å². The highest BCUT2D eigenvalue weighted by atomic mass is 19.1. The summed E-state index contributed by atoms with van der Waals surface area (Å²) in [7, 11) is 0. The third-order valence-corrected chi connectivity index (χ3v) is 7.33. The summed E-state index contributed by atoms with van der Waals surface area (Å²) in [4.78, 5) is 35.1. The van der Waals surface area contributed by atoms with E-state index in [9.17, 15) is 9.18 Å². The van der Waals surface area contributed by atoms with Gasteiger partial charge in [-0.15, -0.1) is 0 Å². The van der Waals surface area contributed by atoms with Crippen molar-refractivity contribution in [1.82, 2.24) is 19.9 Å². The minimum Gasteiger partial charge on any atom is -0.337 e. The molecule has 42 heavy (non-hydrogen) atoms.